The Bertz CT molecular complexity index is 1270. The molecule has 3 aromatic rings. The fraction of sp³-hybridized carbons (Fsp3) is 0.435. The van der Waals surface area contributed by atoms with Gasteiger partial charge in [-0.25, -0.2) is 0 Å². The first-order chi connectivity index (χ1) is 16.7. The molecule has 4 heterocycles. The standard InChI is InChI=1S/C23H25F3N6O3/c1-12(2)28-20-17-15(23(24,25)26)11-27-19(17)30-22(31-20)29-16-4-3-14(13-5-8-35-18(13)16)21(33)32-6-9-34-10-7-32/h3-4,11-12H,5-10H2,1-2H3,(H3,27,28,29,30,31). The number of ether oxygens (including phenoxy) is 2. The summed E-state index contributed by atoms with van der Waals surface area (Å²) < 4.78 is 51.8. The molecule has 0 saturated carbocycles. The molecular formula is C23H25F3N6O3. The van der Waals surface area contributed by atoms with Crippen LogP contribution >= 0.6 is 0 Å². The van der Waals surface area contributed by atoms with Crippen LogP contribution in [0.4, 0.5) is 30.6 Å². The Labute approximate surface area is 199 Å². The molecule has 0 unspecified atom stereocenters. The molecule has 12 heteroatoms. The predicted octanol–water partition coefficient (Wildman–Crippen LogP) is 3.95. The summed E-state index contributed by atoms with van der Waals surface area (Å²) >= 11 is 0. The molecule has 2 aliphatic rings. The third-order valence-corrected chi connectivity index (χ3v) is 5.90. The number of carbonyl (C=O) groups is 1. The van der Waals surface area contributed by atoms with E-state index in [0.29, 0.717) is 56.3 Å². The summed E-state index contributed by atoms with van der Waals surface area (Å²) in [6.45, 7) is 6.12. The van der Waals surface area contributed by atoms with Gasteiger partial charge in [0.05, 0.1) is 36.5 Å². The van der Waals surface area contributed by atoms with Crippen molar-refractivity contribution >= 4 is 34.4 Å². The quantitative estimate of drug-likeness (QED) is 0.498. The number of aromatic amines is 1. The highest BCUT2D eigenvalue weighted by molar-refractivity contribution is 5.98. The number of hydrogen-bond donors (Lipinski definition) is 3. The van der Waals surface area contributed by atoms with Gasteiger partial charge < -0.3 is 30.0 Å². The number of amides is 1. The fourth-order valence-electron chi connectivity index (χ4n) is 4.34. The highest BCUT2D eigenvalue weighted by Crippen LogP contribution is 2.40. The number of fused-ring (bicyclic) bond motifs is 2. The Hall–Kier alpha value is -3.54. The zero-order valence-corrected chi connectivity index (χ0v) is 19.3. The number of carbonyl (C=O) groups excluding carboxylic acids is 1. The third kappa shape index (κ3) is 4.45. The summed E-state index contributed by atoms with van der Waals surface area (Å²) in [6.07, 6.45) is -3.09. The molecule has 0 spiro atoms. The summed E-state index contributed by atoms with van der Waals surface area (Å²) in [5.41, 5.74) is 1.11. The smallest absolute Gasteiger partial charge is 0.418 e. The van der Waals surface area contributed by atoms with Crippen molar-refractivity contribution in [2.45, 2.75) is 32.5 Å². The molecule has 5 rings (SSSR count). The van der Waals surface area contributed by atoms with Crippen LogP contribution in [-0.4, -0.2) is 64.7 Å². The number of nitrogens with zero attached hydrogens (tertiary/aromatic N) is 3. The van der Waals surface area contributed by atoms with E-state index in [1.807, 2.05) is 13.8 Å². The lowest BCUT2D eigenvalue weighted by atomic mass is 10.0. The van der Waals surface area contributed by atoms with Gasteiger partial charge >= 0.3 is 6.18 Å². The number of morpholine rings is 1. The van der Waals surface area contributed by atoms with Crippen LogP contribution in [0.5, 0.6) is 5.75 Å². The lowest BCUT2D eigenvalue weighted by Crippen LogP contribution is -2.41. The van der Waals surface area contributed by atoms with Crippen LogP contribution in [0.3, 0.4) is 0 Å². The summed E-state index contributed by atoms with van der Waals surface area (Å²) in [4.78, 5) is 26.0. The molecule has 2 aromatic heterocycles. The average Bonchev–Trinajstić information content (AvgIpc) is 3.47. The minimum Gasteiger partial charge on any atom is -0.491 e. The van der Waals surface area contributed by atoms with E-state index in [-0.39, 0.29) is 34.7 Å². The maximum atomic E-state index is 13.5. The molecule has 9 nitrogen and oxygen atoms in total. The molecule has 1 amide bonds. The minimum absolute atomic E-state index is 0.0506. The highest BCUT2D eigenvalue weighted by Gasteiger charge is 2.36. The summed E-state index contributed by atoms with van der Waals surface area (Å²) in [5.74, 6) is 0.612. The molecule has 1 aromatic carbocycles. The predicted molar refractivity (Wildman–Crippen MR) is 123 cm³/mol. The van der Waals surface area contributed by atoms with Crippen LogP contribution in [-0.2, 0) is 17.3 Å². The average molecular weight is 490 g/mol. The van der Waals surface area contributed by atoms with E-state index >= 15 is 0 Å². The van der Waals surface area contributed by atoms with Crippen molar-refractivity contribution in [3.05, 3.63) is 35.0 Å². The number of anilines is 3. The highest BCUT2D eigenvalue weighted by atomic mass is 19.4. The third-order valence-electron chi connectivity index (χ3n) is 5.90. The Morgan fingerprint density at radius 2 is 1.94 bits per heavy atom. The minimum atomic E-state index is -4.55. The second kappa shape index (κ2) is 8.91. The maximum Gasteiger partial charge on any atom is 0.418 e. The molecule has 1 fully saturated rings. The monoisotopic (exact) mass is 490 g/mol. The van der Waals surface area contributed by atoms with Gasteiger partial charge in [-0.2, -0.15) is 23.1 Å². The van der Waals surface area contributed by atoms with E-state index in [4.69, 9.17) is 9.47 Å². The van der Waals surface area contributed by atoms with Crippen molar-refractivity contribution in [2.24, 2.45) is 0 Å². The van der Waals surface area contributed by atoms with Crippen LogP contribution in [0.15, 0.2) is 18.3 Å². The molecule has 0 bridgehead atoms. The Morgan fingerprint density at radius 1 is 1.17 bits per heavy atom. The first kappa shape index (κ1) is 23.2. The number of halogens is 3. The molecule has 1 saturated heterocycles. The molecule has 35 heavy (non-hydrogen) atoms. The van der Waals surface area contributed by atoms with E-state index in [9.17, 15) is 18.0 Å². The lowest BCUT2D eigenvalue weighted by Gasteiger charge is -2.27. The number of H-pyrrole nitrogens is 1. The van der Waals surface area contributed by atoms with Crippen molar-refractivity contribution in [1.29, 1.82) is 0 Å². The Balaban J connectivity index is 1.50. The zero-order valence-electron chi connectivity index (χ0n) is 19.3. The molecule has 0 aliphatic carbocycles. The molecule has 0 radical (unpaired) electrons. The van der Waals surface area contributed by atoms with Gasteiger partial charge in [0, 0.05) is 42.9 Å². The number of aromatic nitrogens is 3. The largest absolute Gasteiger partial charge is 0.491 e. The number of alkyl halides is 3. The number of benzene rings is 1. The number of rotatable bonds is 5. The molecule has 0 atom stereocenters. The van der Waals surface area contributed by atoms with Crippen molar-refractivity contribution in [2.75, 3.05) is 43.5 Å². The van der Waals surface area contributed by atoms with Gasteiger partial charge in [0.15, 0.2) is 0 Å². The van der Waals surface area contributed by atoms with Crippen molar-refractivity contribution < 1.29 is 27.4 Å². The van der Waals surface area contributed by atoms with Crippen LogP contribution in [0, 0.1) is 0 Å². The summed E-state index contributed by atoms with van der Waals surface area (Å²) in [5, 5.41) is 5.93. The lowest BCUT2D eigenvalue weighted by molar-refractivity contribution is -0.136. The topological polar surface area (TPSA) is 104 Å². The molecular weight excluding hydrogens is 465 g/mol. The van der Waals surface area contributed by atoms with Gasteiger partial charge in [0.2, 0.25) is 5.95 Å². The normalized spacial score (nSPS) is 15.9. The zero-order chi connectivity index (χ0) is 24.7. The van der Waals surface area contributed by atoms with Crippen LogP contribution in [0.1, 0.15) is 35.3 Å². The Kier molecular flexibility index (Phi) is 5.91. The molecule has 3 N–H and O–H groups in total. The van der Waals surface area contributed by atoms with Gasteiger partial charge in [0.25, 0.3) is 5.91 Å². The van der Waals surface area contributed by atoms with Gasteiger partial charge in [-0.15, -0.1) is 0 Å². The van der Waals surface area contributed by atoms with Crippen molar-refractivity contribution in [3.8, 4) is 5.75 Å². The van der Waals surface area contributed by atoms with E-state index in [0.717, 1.165) is 11.8 Å². The van der Waals surface area contributed by atoms with E-state index in [2.05, 4.69) is 25.6 Å². The van der Waals surface area contributed by atoms with Crippen molar-refractivity contribution in [3.63, 3.8) is 0 Å². The first-order valence-corrected chi connectivity index (χ1v) is 11.4. The van der Waals surface area contributed by atoms with Crippen molar-refractivity contribution in [1.82, 2.24) is 19.9 Å². The maximum absolute atomic E-state index is 13.5. The SMILES string of the molecule is CC(C)Nc1nc(Nc2ccc(C(=O)N3CCOCC3)c3c2OCC3)nc2[nH]cc(C(F)(F)F)c12. The second-order valence-electron chi connectivity index (χ2n) is 8.71. The Morgan fingerprint density at radius 3 is 2.66 bits per heavy atom. The molecule has 186 valence electrons. The number of hydrogen-bond acceptors (Lipinski definition) is 7. The van der Waals surface area contributed by atoms with Gasteiger partial charge in [-0.3, -0.25) is 4.79 Å². The fourth-order valence-corrected chi connectivity index (χ4v) is 4.34. The van der Waals surface area contributed by atoms with Gasteiger partial charge in [-0.1, -0.05) is 0 Å². The van der Waals surface area contributed by atoms with Crippen LogP contribution in [0.2, 0.25) is 0 Å². The van der Waals surface area contributed by atoms with E-state index in [1.165, 1.54) is 0 Å². The van der Waals surface area contributed by atoms with E-state index in [1.54, 1.807) is 17.0 Å². The van der Waals surface area contributed by atoms with Gasteiger partial charge in [0.1, 0.15) is 17.2 Å². The first-order valence-electron chi connectivity index (χ1n) is 11.4. The van der Waals surface area contributed by atoms with Gasteiger partial charge in [-0.05, 0) is 26.0 Å². The summed E-state index contributed by atoms with van der Waals surface area (Å²) in [7, 11) is 0. The van der Waals surface area contributed by atoms with Crippen LogP contribution in [0.25, 0.3) is 11.0 Å². The van der Waals surface area contributed by atoms with Crippen LogP contribution < -0.4 is 15.4 Å². The van der Waals surface area contributed by atoms with E-state index < -0.39 is 11.7 Å². The summed E-state index contributed by atoms with van der Waals surface area (Å²) in [6, 6.07) is 3.28. The number of nitrogens with one attached hydrogen (secondary N) is 3. The second-order valence-corrected chi connectivity index (χ2v) is 8.71. The molecule has 2 aliphatic heterocycles.